The fourth-order valence-corrected chi connectivity index (χ4v) is 3.56. The van der Waals surface area contributed by atoms with Gasteiger partial charge < -0.3 is 0 Å². The second-order valence-corrected chi connectivity index (χ2v) is 6.51. The Kier molecular flexibility index (Phi) is 3.61. The third-order valence-corrected chi connectivity index (χ3v) is 4.79. The van der Waals surface area contributed by atoms with Gasteiger partial charge in [0.15, 0.2) is 5.65 Å². The minimum atomic E-state index is -4.53. The van der Waals surface area contributed by atoms with Gasteiger partial charge in [0.05, 0.1) is 16.8 Å². The van der Waals surface area contributed by atoms with Crippen molar-refractivity contribution in [3.8, 4) is 16.1 Å². The van der Waals surface area contributed by atoms with Crippen LogP contribution in [0.5, 0.6) is 0 Å². The number of fused-ring (bicyclic) bond motifs is 1. The Morgan fingerprint density at radius 1 is 1.04 bits per heavy atom. The Hall–Kier alpha value is -2.67. The van der Waals surface area contributed by atoms with Crippen LogP contribution < -0.4 is 0 Å². The van der Waals surface area contributed by atoms with Crippen LogP contribution in [-0.4, -0.2) is 14.8 Å². The van der Waals surface area contributed by atoms with Crippen molar-refractivity contribution in [1.29, 1.82) is 0 Å². The molecule has 4 rings (SSSR count). The molecule has 0 atom stereocenters. The van der Waals surface area contributed by atoms with Crippen molar-refractivity contribution in [2.45, 2.75) is 13.1 Å². The number of hydrogen-bond donors (Lipinski definition) is 0. The molecule has 4 aromatic rings. The summed E-state index contributed by atoms with van der Waals surface area (Å²) >= 11 is 1.39. The van der Waals surface area contributed by atoms with Crippen molar-refractivity contribution in [2.24, 2.45) is 0 Å². The topological polar surface area (TPSA) is 30.7 Å². The van der Waals surface area contributed by atoms with Crippen molar-refractivity contribution in [3.05, 3.63) is 65.3 Å². The van der Waals surface area contributed by atoms with Gasteiger partial charge in [-0.1, -0.05) is 24.3 Å². The highest BCUT2D eigenvalue weighted by molar-refractivity contribution is 7.13. The molecule has 7 heteroatoms. The quantitative estimate of drug-likeness (QED) is 0.475. The Balaban J connectivity index is 2.10. The lowest BCUT2D eigenvalue weighted by Gasteiger charge is -2.10. The first-order valence-electron chi connectivity index (χ1n) is 7.52. The SMILES string of the molecule is Cc1nn(-c2ccccc2)c2nc(C(F)(F)F)cc(-c3cccs3)c12. The number of nitrogens with zero attached hydrogens (tertiary/aromatic N) is 3. The lowest BCUT2D eigenvalue weighted by Crippen LogP contribution is -2.09. The zero-order valence-electron chi connectivity index (χ0n) is 13.1. The summed E-state index contributed by atoms with van der Waals surface area (Å²) in [6, 6.07) is 13.8. The fraction of sp³-hybridized carbons (Fsp3) is 0.111. The number of thiophene rings is 1. The molecule has 0 amide bonds. The van der Waals surface area contributed by atoms with Crippen LogP contribution in [0.2, 0.25) is 0 Å². The highest BCUT2D eigenvalue weighted by Gasteiger charge is 2.34. The normalized spacial score (nSPS) is 12.0. The number of aryl methyl sites for hydroxylation is 1. The first-order valence-corrected chi connectivity index (χ1v) is 8.40. The number of pyridine rings is 1. The second kappa shape index (κ2) is 5.70. The van der Waals surface area contributed by atoms with Gasteiger partial charge in [-0.05, 0) is 36.6 Å². The Bertz CT molecular complexity index is 1040. The van der Waals surface area contributed by atoms with E-state index in [9.17, 15) is 13.2 Å². The minimum Gasteiger partial charge on any atom is -0.223 e. The number of hydrogen-bond acceptors (Lipinski definition) is 3. The van der Waals surface area contributed by atoms with Gasteiger partial charge >= 0.3 is 6.18 Å². The molecule has 126 valence electrons. The van der Waals surface area contributed by atoms with Crippen LogP contribution in [-0.2, 0) is 6.18 Å². The molecule has 3 aromatic heterocycles. The molecule has 25 heavy (non-hydrogen) atoms. The summed E-state index contributed by atoms with van der Waals surface area (Å²) in [6.45, 7) is 1.79. The van der Waals surface area contributed by atoms with Crippen molar-refractivity contribution < 1.29 is 13.2 Å². The van der Waals surface area contributed by atoms with Gasteiger partial charge in [-0.25, -0.2) is 9.67 Å². The smallest absolute Gasteiger partial charge is 0.223 e. The highest BCUT2D eigenvalue weighted by atomic mass is 32.1. The van der Waals surface area contributed by atoms with E-state index in [2.05, 4.69) is 10.1 Å². The fourth-order valence-electron chi connectivity index (χ4n) is 2.81. The highest BCUT2D eigenvalue weighted by Crippen LogP contribution is 2.38. The zero-order valence-corrected chi connectivity index (χ0v) is 13.9. The van der Waals surface area contributed by atoms with Gasteiger partial charge in [-0.3, -0.25) is 0 Å². The molecule has 0 aliphatic rings. The number of aromatic nitrogens is 3. The van der Waals surface area contributed by atoms with Gasteiger partial charge in [0.2, 0.25) is 0 Å². The predicted octanol–water partition coefficient (Wildman–Crippen LogP) is 5.48. The molecule has 0 fully saturated rings. The molecule has 3 heterocycles. The maximum Gasteiger partial charge on any atom is 0.433 e. The number of benzene rings is 1. The maximum absolute atomic E-state index is 13.4. The maximum atomic E-state index is 13.4. The van der Waals surface area contributed by atoms with Crippen molar-refractivity contribution in [3.63, 3.8) is 0 Å². The standard InChI is InChI=1S/C18H12F3N3S/c1-11-16-13(14-8-5-9-25-14)10-15(18(19,20)21)22-17(16)24(23-11)12-6-3-2-4-7-12/h2-10H,1H3. The van der Waals surface area contributed by atoms with Crippen LogP contribution in [0.3, 0.4) is 0 Å². The molecule has 0 aliphatic heterocycles. The Morgan fingerprint density at radius 2 is 1.80 bits per heavy atom. The molecule has 1 aromatic carbocycles. The molecule has 0 saturated heterocycles. The molecule has 0 saturated carbocycles. The number of rotatable bonds is 2. The molecule has 0 bridgehead atoms. The van der Waals surface area contributed by atoms with E-state index in [4.69, 9.17) is 0 Å². The van der Waals surface area contributed by atoms with E-state index in [-0.39, 0.29) is 5.65 Å². The van der Waals surface area contributed by atoms with E-state index in [1.807, 2.05) is 29.6 Å². The summed E-state index contributed by atoms with van der Waals surface area (Å²) in [5, 5.41) is 6.92. The first-order chi connectivity index (χ1) is 11.9. The van der Waals surface area contributed by atoms with E-state index in [1.165, 1.54) is 16.0 Å². The van der Waals surface area contributed by atoms with Crippen LogP contribution in [0, 0.1) is 6.92 Å². The van der Waals surface area contributed by atoms with Gasteiger partial charge in [0.1, 0.15) is 5.69 Å². The second-order valence-electron chi connectivity index (χ2n) is 5.56. The van der Waals surface area contributed by atoms with Gasteiger partial charge in [-0.15, -0.1) is 11.3 Å². The minimum absolute atomic E-state index is 0.210. The summed E-state index contributed by atoms with van der Waals surface area (Å²) in [7, 11) is 0. The average molecular weight is 359 g/mol. The Morgan fingerprint density at radius 3 is 2.44 bits per heavy atom. The van der Waals surface area contributed by atoms with Crippen LogP contribution in [0.25, 0.3) is 27.2 Å². The molecule has 0 unspecified atom stereocenters. The third kappa shape index (κ3) is 2.70. The molecular weight excluding hydrogens is 347 g/mol. The van der Waals surface area contributed by atoms with E-state index in [0.29, 0.717) is 22.3 Å². The molecule has 0 aliphatic carbocycles. The predicted molar refractivity (Wildman–Crippen MR) is 91.9 cm³/mol. The molecule has 0 N–H and O–H groups in total. The molecular formula is C18H12F3N3S. The zero-order chi connectivity index (χ0) is 17.6. The van der Waals surface area contributed by atoms with Crippen molar-refractivity contribution in [1.82, 2.24) is 14.8 Å². The Labute approximate surface area is 145 Å². The van der Waals surface area contributed by atoms with Crippen LogP contribution in [0.1, 0.15) is 11.4 Å². The number of alkyl halides is 3. The first kappa shape index (κ1) is 15.8. The average Bonchev–Trinajstić information content (AvgIpc) is 3.23. The van der Waals surface area contributed by atoms with Gasteiger partial charge in [0.25, 0.3) is 0 Å². The molecule has 3 nitrogen and oxygen atoms in total. The van der Waals surface area contributed by atoms with Crippen molar-refractivity contribution >= 4 is 22.4 Å². The molecule has 0 spiro atoms. The summed E-state index contributed by atoms with van der Waals surface area (Å²) in [4.78, 5) is 4.65. The van der Waals surface area contributed by atoms with E-state index >= 15 is 0 Å². The third-order valence-electron chi connectivity index (χ3n) is 3.89. The van der Waals surface area contributed by atoms with E-state index < -0.39 is 11.9 Å². The van der Waals surface area contributed by atoms with Gasteiger partial charge in [-0.2, -0.15) is 18.3 Å². The number of halogens is 3. The summed E-state index contributed by atoms with van der Waals surface area (Å²) < 4.78 is 41.6. The summed E-state index contributed by atoms with van der Waals surface area (Å²) in [5.41, 5.74) is 1.11. The van der Waals surface area contributed by atoms with Crippen LogP contribution in [0.15, 0.2) is 53.9 Å². The van der Waals surface area contributed by atoms with E-state index in [1.54, 1.807) is 25.1 Å². The van der Waals surface area contributed by atoms with Crippen molar-refractivity contribution in [2.75, 3.05) is 0 Å². The molecule has 0 radical (unpaired) electrons. The lowest BCUT2D eigenvalue weighted by atomic mass is 10.1. The lowest BCUT2D eigenvalue weighted by molar-refractivity contribution is -0.140. The largest absolute Gasteiger partial charge is 0.433 e. The number of para-hydroxylation sites is 1. The monoisotopic (exact) mass is 359 g/mol. The van der Waals surface area contributed by atoms with E-state index in [0.717, 1.165) is 10.9 Å². The van der Waals surface area contributed by atoms with Crippen LogP contribution >= 0.6 is 11.3 Å². The van der Waals surface area contributed by atoms with Gasteiger partial charge in [0, 0.05) is 10.4 Å². The summed E-state index contributed by atoms with van der Waals surface area (Å²) in [6.07, 6.45) is -4.53. The summed E-state index contributed by atoms with van der Waals surface area (Å²) in [5.74, 6) is 0. The van der Waals surface area contributed by atoms with Crippen LogP contribution in [0.4, 0.5) is 13.2 Å².